The minimum absolute atomic E-state index is 0.0512. The molecule has 2 aromatic carbocycles. The summed E-state index contributed by atoms with van der Waals surface area (Å²) in [6.45, 7) is 9.07. The van der Waals surface area contributed by atoms with Gasteiger partial charge >= 0.3 is 5.97 Å². The number of carbonyl (C=O) groups excluding carboxylic acids is 2. The fraction of sp³-hybridized carbons (Fsp3) is 0.391. The van der Waals surface area contributed by atoms with Gasteiger partial charge in [-0.3, -0.25) is 29.8 Å². The predicted molar refractivity (Wildman–Crippen MR) is 123 cm³/mol. The molecule has 0 spiro atoms. The van der Waals surface area contributed by atoms with E-state index in [2.05, 4.69) is 0 Å². The number of amides is 1. The van der Waals surface area contributed by atoms with Gasteiger partial charge in [-0.15, -0.1) is 0 Å². The number of ether oxygens (including phenoxy) is 1. The number of nitro groups is 2. The number of hydrogen-bond donors (Lipinski definition) is 0. The molecular weight excluding hydrogens is 430 g/mol. The van der Waals surface area contributed by atoms with Crippen molar-refractivity contribution in [2.45, 2.75) is 52.9 Å². The first kappa shape index (κ1) is 25.4. The van der Waals surface area contributed by atoms with Crippen molar-refractivity contribution < 1.29 is 24.2 Å². The zero-order chi connectivity index (χ0) is 25.1. The van der Waals surface area contributed by atoms with E-state index in [1.165, 1.54) is 13.1 Å². The Hall–Kier alpha value is -3.82. The van der Waals surface area contributed by atoms with Gasteiger partial charge < -0.3 is 9.64 Å². The van der Waals surface area contributed by atoms with E-state index in [0.717, 1.165) is 28.2 Å². The standard InChI is InChI=1S/C23H27N3O7/c1-7-21(28)33-19-11-14(2)10-15(3)22(19)23(4,5)13-20(27)24(6)17-9-8-16(25(29)30)12-18(17)26(31)32/h8-12H,7,13H2,1-6H3. The number of esters is 1. The zero-order valence-electron chi connectivity index (χ0n) is 19.5. The van der Waals surface area contributed by atoms with E-state index in [-0.39, 0.29) is 18.5 Å². The Bertz CT molecular complexity index is 1130. The zero-order valence-corrected chi connectivity index (χ0v) is 19.5. The van der Waals surface area contributed by atoms with Crippen LogP contribution in [0.15, 0.2) is 30.3 Å². The summed E-state index contributed by atoms with van der Waals surface area (Å²) in [5.41, 5.74) is 0.611. The maximum absolute atomic E-state index is 13.2. The monoisotopic (exact) mass is 457 g/mol. The van der Waals surface area contributed by atoms with Gasteiger partial charge in [-0.2, -0.15) is 0 Å². The van der Waals surface area contributed by atoms with Gasteiger partial charge in [0, 0.05) is 36.9 Å². The molecule has 0 unspecified atom stereocenters. The first-order valence-electron chi connectivity index (χ1n) is 10.3. The summed E-state index contributed by atoms with van der Waals surface area (Å²) in [6.07, 6.45) is 0.135. The van der Waals surface area contributed by atoms with E-state index in [4.69, 9.17) is 4.74 Å². The summed E-state index contributed by atoms with van der Waals surface area (Å²) in [4.78, 5) is 47.2. The lowest BCUT2D eigenvalue weighted by atomic mass is 9.78. The molecule has 0 atom stereocenters. The SMILES string of the molecule is CCC(=O)Oc1cc(C)cc(C)c1C(C)(C)CC(=O)N(C)c1ccc([N+](=O)[O-])cc1[N+](=O)[O-]. The smallest absolute Gasteiger partial charge is 0.310 e. The number of nitrogens with zero attached hydrogens (tertiary/aromatic N) is 3. The molecule has 0 radical (unpaired) electrons. The maximum atomic E-state index is 13.2. The molecule has 0 saturated heterocycles. The lowest BCUT2D eigenvalue weighted by molar-refractivity contribution is -0.393. The van der Waals surface area contributed by atoms with Crippen LogP contribution in [0.1, 0.15) is 50.3 Å². The van der Waals surface area contributed by atoms with Crippen molar-refractivity contribution in [2.75, 3.05) is 11.9 Å². The molecular formula is C23H27N3O7. The lowest BCUT2D eigenvalue weighted by Crippen LogP contribution is -2.34. The van der Waals surface area contributed by atoms with Crippen LogP contribution >= 0.6 is 0 Å². The van der Waals surface area contributed by atoms with Gasteiger partial charge in [-0.25, -0.2) is 0 Å². The fourth-order valence-electron chi connectivity index (χ4n) is 3.85. The van der Waals surface area contributed by atoms with Crippen LogP contribution in [0.25, 0.3) is 0 Å². The van der Waals surface area contributed by atoms with Gasteiger partial charge in [0.05, 0.1) is 15.9 Å². The molecule has 0 N–H and O–H groups in total. The molecule has 0 heterocycles. The topological polar surface area (TPSA) is 133 Å². The summed E-state index contributed by atoms with van der Waals surface area (Å²) in [7, 11) is 1.38. The van der Waals surface area contributed by atoms with Crippen molar-refractivity contribution in [3.8, 4) is 5.75 Å². The number of hydrogen-bond acceptors (Lipinski definition) is 7. The van der Waals surface area contributed by atoms with Crippen molar-refractivity contribution in [3.05, 3.63) is 67.3 Å². The molecule has 1 amide bonds. The van der Waals surface area contributed by atoms with Crippen molar-refractivity contribution in [2.24, 2.45) is 0 Å². The Morgan fingerprint density at radius 2 is 1.70 bits per heavy atom. The number of benzene rings is 2. The molecule has 2 aromatic rings. The van der Waals surface area contributed by atoms with Crippen molar-refractivity contribution >= 4 is 28.9 Å². The van der Waals surface area contributed by atoms with Gasteiger partial charge in [0.25, 0.3) is 11.4 Å². The van der Waals surface area contributed by atoms with Crippen LogP contribution < -0.4 is 9.64 Å². The molecule has 0 aliphatic carbocycles. The number of nitro benzene ring substituents is 2. The van der Waals surface area contributed by atoms with E-state index in [1.54, 1.807) is 13.0 Å². The second kappa shape index (κ2) is 9.76. The van der Waals surface area contributed by atoms with Crippen molar-refractivity contribution in [3.63, 3.8) is 0 Å². The summed E-state index contributed by atoms with van der Waals surface area (Å²) in [5.74, 6) is -0.465. The first-order chi connectivity index (χ1) is 15.3. The van der Waals surface area contributed by atoms with Crippen LogP contribution in [0.3, 0.4) is 0 Å². The van der Waals surface area contributed by atoms with E-state index >= 15 is 0 Å². The highest BCUT2D eigenvalue weighted by atomic mass is 16.6. The van der Waals surface area contributed by atoms with E-state index in [1.807, 2.05) is 33.8 Å². The Kier molecular flexibility index (Phi) is 7.53. The van der Waals surface area contributed by atoms with E-state index in [0.29, 0.717) is 11.3 Å². The predicted octanol–water partition coefficient (Wildman–Crippen LogP) is 4.77. The minimum atomic E-state index is -0.790. The van der Waals surface area contributed by atoms with E-state index in [9.17, 15) is 29.8 Å². The Labute approximate surface area is 191 Å². The molecule has 0 fully saturated rings. The second-order valence-corrected chi connectivity index (χ2v) is 8.48. The van der Waals surface area contributed by atoms with Crippen molar-refractivity contribution in [1.82, 2.24) is 0 Å². The lowest BCUT2D eigenvalue weighted by Gasteiger charge is -2.30. The van der Waals surface area contributed by atoms with Gasteiger partial charge in [0.1, 0.15) is 11.4 Å². The third-order valence-electron chi connectivity index (χ3n) is 5.33. The summed E-state index contributed by atoms with van der Waals surface area (Å²) in [5, 5.41) is 22.5. The summed E-state index contributed by atoms with van der Waals surface area (Å²) in [6, 6.07) is 6.80. The number of non-ortho nitro benzene ring substituents is 1. The normalized spacial score (nSPS) is 11.1. The van der Waals surface area contributed by atoms with Crippen LogP contribution in [0.2, 0.25) is 0 Å². The van der Waals surface area contributed by atoms with Crippen LogP contribution in [0, 0.1) is 34.1 Å². The Morgan fingerprint density at radius 1 is 1.06 bits per heavy atom. The van der Waals surface area contributed by atoms with Crippen LogP contribution in [-0.2, 0) is 15.0 Å². The highest BCUT2D eigenvalue weighted by Crippen LogP contribution is 2.39. The molecule has 10 nitrogen and oxygen atoms in total. The molecule has 0 aliphatic rings. The average molecular weight is 457 g/mol. The first-order valence-corrected chi connectivity index (χ1v) is 10.3. The molecule has 0 aliphatic heterocycles. The quantitative estimate of drug-likeness (QED) is 0.241. The maximum Gasteiger partial charge on any atom is 0.310 e. The van der Waals surface area contributed by atoms with Gasteiger partial charge in [0.2, 0.25) is 5.91 Å². The van der Waals surface area contributed by atoms with Crippen molar-refractivity contribution in [1.29, 1.82) is 0 Å². The van der Waals surface area contributed by atoms with Gasteiger partial charge in [0.15, 0.2) is 0 Å². The highest BCUT2D eigenvalue weighted by molar-refractivity contribution is 5.96. The molecule has 0 bridgehead atoms. The van der Waals surface area contributed by atoms with Crippen LogP contribution in [0.5, 0.6) is 5.75 Å². The second-order valence-electron chi connectivity index (χ2n) is 8.48. The minimum Gasteiger partial charge on any atom is -0.426 e. The third kappa shape index (κ3) is 5.71. The summed E-state index contributed by atoms with van der Waals surface area (Å²) >= 11 is 0. The van der Waals surface area contributed by atoms with Crippen LogP contribution in [0.4, 0.5) is 17.1 Å². The molecule has 2 rings (SSSR count). The largest absolute Gasteiger partial charge is 0.426 e. The number of aryl methyl sites for hydroxylation is 2. The van der Waals surface area contributed by atoms with Gasteiger partial charge in [-0.05, 0) is 37.1 Å². The van der Waals surface area contributed by atoms with Gasteiger partial charge in [-0.1, -0.05) is 26.8 Å². The Balaban J connectivity index is 2.44. The Morgan fingerprint density at radius 3 is 2.24 bits per heavy atom. The summed E-state index contributed by atoms with van der Waals surface area (Å²) < 4.78 is 5.54. The van der Waals surface area contributed by atoms with Crippen LogP contribution in [-0.4, -0.2) is 28.8 Å². The third-order valence-corrected chi connectivity index (χ3v) is 5.33. The molecule has 33 heavy (non-hydrogen) atoms. The fourth-order valence-corrected chi connectivity index (χ4v) is 3.85. The van der Waals surface area contributed by atoms with E-state index < -0.39 is 38.5 Å². The molecule has 176 valence electrons. The molecule has 0 saturated carbocycles. The number of carbonyl (C=O) groups is 2. The molecule has 10 heteroatoms. The number of anilines is 1. The molecule has 0 aromatic heterocycles. The highest BCUT2D eigenvalue weighted by Gasteiger charge is 2.33. The average Bonchev–Trinajstić information content (AvgIpc) is 2.71. The number of rotatable bonds is 8.